The van der Waals surface area contributed by atoms with Crippen LogP contribution in [0.25, 0.3) is 0 Å². The first-order chi connectivity index (χ1) is 7.36. The van der Waals surface area contributed by atoms with Gasteiger partial charge in [-0.25, -0.2) is 4.39 Å². The zero-order valence-corrected chi connectivity index (χ0v) is 10.1. The van der Waals surface area contributed by atoms with Crippen LogP contribution in [0.5, 0.6) is 0 Å². The Labute approximate surface area is 99.6 Å². The lowest BCUT2D eigenvalue weighted by molar-refractivity contribution is -0.123. The van der Waals surface area contributed by atoms with Crippen LogP contribution in [0.15, 0.2) is 18.2 Å². The van der Waals surface area contributed by atoms with Gasteiger partial charge >= 0.3 is 0 Å². The Morgan fingerprint density at radius 2 is 2.19 bits per heavy atom. The number of benzene rings is 1. The maximum absolute atomic E-state index is 13.0. The van der Waals surface area contributed by atoms with E-state index in [1.165, 1.54) is 18.2 Å². The quantitative estimate of drug-likeness (QED) is 0.884. The van der Waals surface area contributed by atoms with Gasteiger partial charge in [-0.1, -0.05) is 18.5 Å². The van der Waals surface area contributed by atoms with Crippen LogP contribution in [0.4, 0.5) is 4.39 Å². The molecular formula is C12H15ClFNO. The lowest BCUT2D eigenvalue weighted by Gasteiger charge is -2.21. The lowest BCUT2D eigenvalue weighted by Crippen LogP contribution is -2.45. The van der Waals surface area contributed by atoms with Gasteiger partial charge in [0, 0.05) is 11.4 Å². The van der Waals surface area contributed by atoms with Crippen LogP contribution < -0.4 is 5.73 Å². The van der Waals surface area contributed by atoms with Gasteiger partial charge in [0.2, 0.25) is 0 Å². The minimum absolute atomic E-state index is 0.0669. The van der Waals surface area contributed by atoms with E-state index in [9.17, 15) is 9.18 Å². The van der Waals surface area contributed by atoms with Crippen molar-refractivity contribution < 1.29 is 9.18 Å². The van der Waals surface area contributed by atoms with Gasteiger partial charge < -0.3 is 5.73 Å². The zero-order valence-electron chi connectivity index (χ0n) is 9.39. The monoisotopic (exact) mass is 243 g/mol. The highest BCUT2D eigenvalue weighted by Crippen LogP contribution is 2.20. The number of halogens is 2. The van der Waals surface area contributed by atoms with Gasteiger partial charge in [-0.05, 0) is 37.1 Å². The largest absolute Gasteiger partial charge is 0.319 e. The average Bonchev–Trinajstić information content (AvgIpc) is 2.23. The van der Waals surface area contributed by atoms with Crippen LogP contribution >= 0.6 is 11.6 Å². The van der Waals surface area contributed by atoms with Gasteiger partial charge in [0.15, 0.2) is 5.78 Å². The third kappa shape index (κ3) is 3.03. The molecule has 1 atom stereocenters. The fourth-order valence-electron chi connectivity index (χ4n) is 1.25. The van der Waals surface area contributed by atoms with Gasteiger partial charge in [0.05, 0.1) is 5.54 Å². The van der Waals surface area contributed by atoms with Crippen molar-refractivity contribution in [1.82, 2.24) is 0 Å². The highest BCUT2D eigenvalue weighted by atomic mass is 35.5. The van der Waals surface area contributed by atoms with Gasteiger partial charge in [-0.3, -0.25) is 4.79 Å². The van der Waals surface area contributed by atoms with E-state index < -0.39 is 11.4 Å². The molecule has 1 aromatic carbocycles. The van der Waals surface area contributed by atoms with E-state index in [0.717, 1.165) is 0 Å². The summed E-state index contributed by atoms with van der Waals surface area (Å²) in [4.78, 5) is 11.8. The first kappa shape index (κ1) is 13.1. The normalized spacial score (nSPS) is 14.6. The molecule has 0 heterocycles. The smallest absolute Gasteiger partial charge is 0.156 e. The fraction of sp³-hybridized carbons (Fsp3) is 0.417. The average molecular weight is 244 g/mol. The van der Waals surface area contributed by atoms with Crippen LogP contribution in [-0.4, -0.2) is 11.3 Å². The maximum Gasteiger partial charge on any atom is 0.156 e. The summed E-state index contributed by atoms with van der Waals surface area (Å²) in [5.74, 6) is -0.537. The topological polar surface area (TPSA) is 43.1 Å². The van der Waals surface area contributed by atoms with E-state index in [4.69, 9.17) is 17.3 Å². The third-order valence-electron chi connectivity index (χ3n) is 2.73. The third-order valence-corrected chi connectivity index (χ3v) is 3.10. The van der Waals surface area contributed by atoms with Crippen LogP contribution in [0.3, 0.4) is 0 Å². The van der Waals surface area contributed by atoms with Crippen LogP contribution in [0, 0.1) is 5.82 Å². The molecule has 1 unspecified atom stereocenters. The molecule has 0 spiro atoms. The van der Waals surface area contributed by atoms with Gasteiger partial charge in [0.1, 0.15) is 5.82 Å². The predicted octanol–water partition coefficient (Wildman–Crippen LogP) is 2.72. The fourth-order valence-corrected chi connectivity index (χ4v) is 1.44. The minimum Gasteiger partial charge on any atom is -0.319 e. The standard InChI is InChI=1S/C12H15ClFNO/c1-3-12(2,15)11(16)7-8-6-9(14)4-5-10(8)13/h4-6H,3,7,15H2,1-2H3. The first-order valence-electron chi connectivity index (χ1n) is 5.13. The molecule has 0 aromatic heterocycles. The van der Waals surface area contributed by atoms with Crippen LogP contribution in [0.1, 0.15) is 25.8 Å². The van der Waals surface area contributed by atoms with Crippen molar-refractivity contribution in [2.24, 2.45) is 5.73 Å². The molecule has 0 radical (unpaired) electrons. The Bertz CT molecular complexity index is 404. The van der Waals surface area contributed by atoms with Crippen LogP contribution in [0.2, 0.25) is 5.02 Å². The molecule has 0 fully saturated rings. The van der Waals surface area contributed by atoms with Crippen molar-refractivity contribution in [2.75, 3.05) is 0 Å². The van der Waals surface area contributed by atoms with Crippen molar-refractivity contribution in [3.63, 3.8) is 0 Å². The number of Topliss-reactive ketones (excluding diaryl/α,β-unsaturated/α-hetero) is 1. The lowest BCUT2D eigenvalue weighted by atomic mass is 9.90. The first-order valence-corrected chi connectivity index (χ1v) is 5.50. The highest BCUT2D eigenvalue weighted by molar-refractivity contribution is 6.31. The summed E-state index contributed by atoms with van der Waals surface area (Å²) in [6.07, 6.45) is 0.607. The summed E-state index contributed by atoms with van der Waals surface area (Å²) >= 11 is 5.87. The van der Waals surface area contributed by atoms with Crippen LogP contribution in [-0.2, 0) is 11.2 Å². The summed E-state index contributed by atoms with van der Waals surface area (Å²) in [7, 11) is 0. The number of ketones is 1. The summed E-state index contributed by atoms with van der Waals surface area (Å²) in [6.45, 7) is 3.51. The molecule has 4 heteroatoms. The van der Waals surface area contributed by atoms with Crippen molar-refractivity contribution in [3.05, 3.63) is 34.6 Å². The van der Waals surface area contributed by atoms with Crippen molar-refractivity contribution >= 4 is 17.4 Å². The number of carbonyl (C=O) groups excluding carboxylic acids is 1. The summed E-state index contributed by atoms with van der Waals surface area (Å²) in [5.41, 5.74) is 5.41. The second kappa shape index (κ2) is 4.93. The Kier molecular flexibility index (Phi) is 4.05. The van der Waals surface area contributed by atoms with E-state index in [1.807, 2.05) is 6.92 Å². The number of rotatable bonds is 4. The Morgan fingerprint density at radius 1 is 1.56 bits per heavy atom. The SMILES string of the molecule is CCC(C)(N)C(=O)Cc1cc(F)ccc1Cl. The van der Waals surface area contributed by atoms with E-state index in [-0.39, 0.29) is 12.2 Å². The molecule has 16 heavy (non-hydrogen) atoms. The summed E-state index contributed by atoms with van der Waals surface area (Å²) in [5, 5.41) is 0.390. The van der Waals surface area contributed by atoms with E-state index >= 15 is 0 Å². The molecule has 0 saturated heterocycles. The molecule has 2 N–H and O–H groups in total. The van der Waals surface area contributed by atoms with Crippen molar-refractivity contribution in [3.8, 4) is 0 Å². The Morgan fingerprint density at radius 3 is 2.75 bits per heavy atom. The zero-order chi connectivity index (χ0) is 12.3. The highest BCUT2D eigenvalue weighted by Gasteiger charge is 2.26. The molecule has 2 nitrogen and oxygen atoms in total. The predicted molar refractivity (Wildman–Crippen MR) is 63.0 cm³/mol. The molecule has 0 aliphatic rings. The molecular weight excluding hydrogens is 229 g/mol. The number of hydrogen-bond acceptors (Lipinski definition) is 2. The van der Waals surface area contributed by atoms with E-state index in [1.54, 1.807) is 6.92 Å². The molecule has 1 aromatic rings. The maximum atomic E-state index is 13.0. The number of nitrogens with two attached hydrogens (primary N) is 1. The number of hydrogen-bond donors (Lipinski definition) is 1. The van der Waals surface area contributed by atoms with Gasteiger partial charge in [-0.15, -0.1) is 0 Å². The van der Waals surface area contributed by atoms with Gasteiger partial charge in [0.25, 0.3) is 0 Å². The molecule has 1 rings (SSSR count). The van der Waals surface area contributed by atoms with E-state index in [0.29, 0.717) is 17.0 Å². The van der Waals surface area contributed by atoms with Gasteiger partial charge in [-0.2, -0.15) is 0 Å². The number of carbonyl (C=O) groups is 1. The molecule has 88 valence electrons. The summed E-state index contributed by atoms with van der Waals surface area (Å²) < 4.78 is 13.0. The Balaban J connectivity index is 2.89. The molecule has 0 amide bonds. The van der Waals surface area contributed by atoms with Crippen molar-refractivity contribution in [1.29, 1.82) is 0 Å². The summed E-state index contributed by atoms with van der Waals surface area (Å²) in [6, 6.07) is 3.98. The molecule has 0 saturated carbocycles. The van der Waals surface area contributed by atoms with E-state index in [2.05, 4.69) is 0 Å². The molecule has 0 bridgehead atoms. The Hall–Kier alpha value is -0.930. The minimum atomic E-state index is -0.879. The second-order valence-electron chi connectivity index (χ2n) is 4.11. The second-order valence-corrected chi connectivity index (χ2v) is 4.51. The molecule has 0 aliphatic carbocycles. The molecule has 0 aliphatic heterocycles. The van der Waals surface area contributed by atoms with Crippen molar-refractivity contribution in [2.45, 2.75) is 32.2 Å².